The number of phosphoric acid groups is 1. The van der Waals surface area contributed by atoms with Crippen LogP contribution in [0.2, 0.25) is 0 Å². The van der Waals surface area contributed by atoms with E-state index < -0.39 is 20.0 Å². The molecule has 0 bridgehead atoms. The number of phosphoric ester groups is 1. The van der Waals surface area contributed by atoms with Crippen LogP contribution in [0.1, 0.15) is 220 Å². The van der Waals surface area contributed by atoms with Crippen molar-refractivity contribution in [2.75, 3.05) is 40.9 Å². The fourth-order valence-corrected chi connectivity index (χ4v) is 8.02. The molecule has 3 atom stereocenters. The van der Waals surface area contributed by atoms with Gasteiger partial charge >= 0.3 is 13.8 Å². The van der Waals surface area contributed by atoms with Crippen molar-refractivity contribution in [1.82, 2.24) is 5.32 Å². The number of nitrogens with zero attached hydrogens (tertiary/aromatic N) is 1. The van der Waals surface area contributed by atoms with Gasteiger partial charge in [-0.05, 0) is 70.3 Å². The first-order chi connectivity index (χ1) is 31.9. The van der Waals surface area contributed by atoms with Crippen molar-refractivity contribution >= 4 is 19.7 Å². The number of hydrogen-bond acceptors (Lipinski definition) is 6. The Morgan fingerprint density at radius 1 is 0.561 bits per heavy atom. The van der Waals surface area contributed by atoms with Crippen LogP contribution >= 0.6 is 7.82 Å². The number of esters is 1. The van der Waals surface area contributed by atoms with Gasteiger partial charge in [-0.15, -0.1) is 0 Å². The molecule has 0 aliphatic carbocycles. The molecule has 0 fully saturated rings. The Hall–Kier alpha value is -2.55. The van der Waals surface area contributed by atoms with E-state index in [1.165, 1.54) is 109 Å². The number of unbranched alkanes of at least 4 members (excludes halogenated alkanes) is 23. The third kappa shape index (κ3) is 46.6. The van der Waals surface area contributed by atoms with Gasteiger partial charge < -0.3 is 19.4 Å². The summed E-state index contributed by atoms with van der Waals surface area (Å²) in [6.45, 7) is 6.80. The van der Waals surface area contributed by atoms with Gasteiger partial charge in [0.2, 0.25) is 5.91 Å². The van der Waals surface area contributed by atoms with E-state index in [1.807, 2.05) is 39.4 Å². The second-order valence-corrected chi connectivity index (χ2v) is 20.5. The highest BCUT2D eigenvalue weighted by atomic mass is 31.2. The molecule has 0 aromatic carbocycles. The maximum Gasteiger partial charge on any atom is 0.472 e. The summed E-state index contributed by atoms with van der Waals surface area (Å²) in [4.78, 5) is 37.4. The molecule has 9 nitrogen and oxygen atoms in total. The predicted octanol–water partition coefficient (Wildman–Crippen LogP) is 15.7. The molecular weight excluding hydrogens is 844 g/mol. The summed E-state index contributed by atoms with van der Waals surface area (Å²) in [5.74, 6) is -0.602. The van der Waals surface area contributed by atoms with Crippen LogP contribution in [-0.4, -0.2) is 74.3 Å². The zero-order valence-corrected chi connectivity index (χ0v) is 44.3. The SMILES string of the molecule is CC/C=C/C=C/C=C/CCCCCCCCCC(=O)OC(/C=C/CCCCCCCCCCCC)C(COP(=O)(O)OCC[N+](C)(C)C)NC(=O)CC/C=C/C/C=C\CCCCCCCC. The van der Waals surface area contributed by atoms with Crippen LogP contribution in [0.3, 0.4) is 0 Å². The van der Waals surface area contributed by atoms with Crippen LogP contribution in [-0.2, 0) is 27.9 Å². The van der Waals surface area contributed by atoms with Crippen LogP contribution in [0.15, 0.2) is 72.9 Å². The Kier molecular flexibility index (Phi) is 44.4. The lowest BCUT2D eigenvalue weighted by atomic mass is 10.1. The maximum absolute atomic E-state index is 13.4. The Labute approximate surface area is 406 Å². The smallest absolute Gasteiger partial charge is 0.456 e. The van der Waals surface area contributed by atoms with Crippen LogP contribution in [0.5, 0.6) is 0 Å². The third-order valence-electron chi connectivity index (χ3n) is 11.5. The molecule has 10 heteroatoms. The zero-order chi connectivity index (χ0) is 48.7. The summed E-state index contributed by atoms with van der Waals surface area (Å²) in [6, 6.07) is -0.884. The molecular formula is C56H102N2O7P+. The number of ether oxygens (including phenoxy) is 1. The standard InChI is InChI=1S/C56H101N2O7P/c1-7-10-13-16-19-22-25-28-29-31-34-37-40-43-46-49-56(60)65-54(47-44-41-38-35-32-27-24-21-18-15-12-9-3)53(52-64-66(61,62)63-51-50-58(4,5)6)57-55(59)48-45-42-39-36-33-30-26-23-20-17-14-11-8-2/h10,13,16,19,22,25,30,33,39,42,44,47,53-54H,7-9,11-12,14-15,17-18,20-21,23-24,26-29,31-32,34-38,40-41,43,45-46,48-52H2,1-6H3,(H-,57,59,61,62)/p+1/b13-10+,19-16+,25-22+,33-30-,42-39+,47-44+. The molecule has 3 unspecified atom stereocenters. The number of likely N-dealkylation sites (N-methyl/N-ethyl adjacent to an activating group) is 1. The number of quaternary nitrogens is 1. The fraction of sp³-hybridized carbons (Fsp3) is 0.750. The van der Waals surface area contributed by atoms with E-state index >= 15 is 0 Å². The minimum absolute atomic E-state index is 0.0264. The first kappa shape index (κ1) is 63.5. The molecule has 0 saturated carbocycles. The van der Waals surface area contributed by atoms with Gasteiger partial charge in [-0.25, -0.2) is 4.57 Å². The van der Waals surface area contributed by atoms with Crippen LogP contribution in [0.25, 0.3) is 0 Å². The highest BCUT2D eigenvalue weighted by molar-refractivity contribution is 7.47. The Balaban J connectivity index is 5.50. The van der Waals surface area contributed by atoms with Gasteiger partial charge in [0.25, 0.3) is 0 Å². The quantitative estimate of drug-likeness (QED) is 0.0156. The Morgan fingerprint density at radius 3 is 1.59 bits per heavy atom. The summed E-state index contributed by atoms with van der Waals surface area (Å²) in [5.41, 5.74) is 0. The molecule has 0 spiro atoms. The molecule has 0 rings (SSSR count). The topological polar surface area (TPSA) is 111 Å². The van der Waals surface area contributed by atoms with Crippen molar-refractivity contribution in [1.29, 1.82) is 0 Å². The van der Waals surface area contributed by atoms with Gasteiger partial charge in [-0.1, -0.05) is 210 Å². The summed E-state index contributed by atoms with van der Waals surface area (Å²) in [7, 11) is 1.45. The largest absolute Gasteiger partial charge is 0.472 e. The number of amides is 1. The number of carbonyl (C=O) groups is 2. The van der Waals surface area contributed by atoms with Crippen molar-refractivity contribution in [3.05, 3.63) is 72.9 Å². The minimum atomic E-state index is -4.46. The minimum Gasteiger partial charge on any atom is -0.456 e. The van der Waals surface area contributed by atoms with Crippen LogP contribution < -0.4 is 5.32 Å². The number of allylic oxidation sites excluding steroid dienone is 11. The van der Waals surface area contributed by atoms with Crippen molar-refractivity contribution in [2.24, 2.45) is 0 Å². The number of rotatable bonds is 47. The molecule has 1 amide bonds. The van der Waals surface area contributed by atoms with Crippen molar-refractivity contribution in [2.45, 2.75) is 232 Å². The highest BCUT2D eigenvalue weighted by Gasteiger charge is 2.30. The Bertz CT molecular complexity index is 1370. The van der Waals surface area contributed by atoms with Gasteiger partial charge in [0.05, 0.1) is 33.8 Å². The van der Waals surface area contributed by atoms with E-state index in [0.717, 1.165) is 70.6 Å². The average Bonchev–Trinajstić information content (AvgIpc) is 3.27. The summed E-state index contributed by atoms with van der Waals surface area (Å²) in [6.07, 6.45) is 57.7. The predicted molar refractivity (Wildman–Crippen MR) is 281 cm³/mol. The van der Waals surface area contributed by atoms with E-state index in [4.69, 9.17) is 13.8 Å². The third-order valence-corrected chi connectivity index (χ3v) is 12.4. The average molecular weight is 946 g/mol. The lowest BCUT2D eigenvalue weighted by molar-refractivity contribution is -0.870. The second-order valence-electron chi connectivity index (χ2n) is 19.1. The van der Waals surface area contributed by atoms with Gasteiger partial charge in [0, 0.05) is 12.8 Å². The molecule has 0 aromatic heterocycles. The van der Waals surface area contributed by atoms with Gasteiger partial charge in [-0.3, -0.25) is 18.6 Å². The lowest BCUT2D eigenvalue weighted by Gasteiger charge is -2.27. The molecule has 0 aliphatic heterocycles. The first-order valence-electron chi connectivity index (χ1n) is 26.8. The second kappa shape index (κ2) is 46.2. The number of carbonyl (C=O) groups excluding carboxylic acids is 2. The van der Waals surface area contributed by atoms with Crippen molar-refractivity contribution < 1.29 is 37.3 Å². The Morgan fingerprint density at radius 2 is 1.05 bits per heavy atom. The number of hydrogen-bond donors (Lipinski definition) is 2. The van der Waals surface area contributed by atoms with Crippen molar-refractivity contribution in [3.8, 4) is 0 Å². The first-order valence-corrected chi connectivity index (χ1v) is 28.3. The van der Waals surface area contributed by atoms with Gasteiger partial charge in [-0.2, -0.15) is 0 Å². The van der Waals surface area contributed by atoms with Crippen LogP contribution in [0, 0.1) is 0 Å². The van der Waals surface area contributed by atoms with Gasteiger partial charge in [0.15, 0.2) is 0 Å². The van der Waals surface area contributed by atoms with E-state index in [-0.39, 0.29) is 37.9 Å². The molecule has 0 saturated heterocycles. The van der Waals surface area contributed by atoms with E-state index in [2.05, 4.69) is 80.8 Å². The zero-order valence-electron chi connectivity index (χ0n) is 43.4. The lowest BCUT2D eigenvalue weighted by Crippen LogP contribution is -2.47. The van der Waals surface area contributed by atoms with E-state index in [1.54, 1.807) is 0 Å². The molecule has 66 heavy (non-hydrogen) atoms. The van der Waals surface area contributed by atoms with Crippen molar-refractivity contribution in [3.63, 3.8) is 0 Å². The molecule has 382 valence electrons. The molecule has 0 aliphatic rings. The molecule has 0 aromatic rings. The van der Waals surface area contributed by atoms with Crippen LogP contribution in [0.4, 0.5) is 0 Å². The fourth-order valence-electron chi connectivity index (χ4n) is 7.28. The maximum atomic E-state index is 13.4. The van der Waals surface area contributed by atoms with Gasteiger partial charge in [0.1, 0.15) is 19.3 Å². The summed E-state index contributed by atoms with van der Waals surface area (Å²) in [5, 5.41) is 2.99. The highest BCUT2D eigenvalue weighted by Crippen LogP contribution is 2.43. The molecule has 0 heterocycles. The summed E-state index contributed by atoms with van der Waals surface area (Å²) < 4.78 is 30.5. The normalized spacial score (nSPS) is 14.5. The molecule has 2 N–H and O–H groups in total. The summed E-state index contributed by atoms with van der Waals surface area (Å²) >= 11 is 0. The monoisotopic (exact) mass is 946 g/mol. The molecule has 0 radical (unpaired) electrons. The number of nitrogens with one attached hydrogen (secondary N) is 1. The van der Waals surface area contributed by atoms with E-state index in [9.17, 15) is 19.0 Å². The van der Waals surface area contributed by atoms with E-state index in [0.29, 0.717) is 17.4 Å².